The van der Waals surface area contributed by atoms with Crippen LogP contribution in [-0.4, -0.2) is 23.7 Å². The Bertz CT molecular complexity index is 115. The Morgan fingerprint density at radius 3 is 2.64 bits per heavy atom. The van der Waals surface area contributed by atoms with Gasteiger partial charge in [-0.2, -0.15) is 0 Å². The van der Waals surface area contributed by atoms with E-state index < -0.39 is 6.10 Å². The summed E-state index contributed by atoms with van der Waals surface area (Å²) in [5, 5.41) is 11.7. The van der Waals surface area contributed by atoms with Crippen molar-refractivity contribution in [1.29, 1.82) is 0 Å². The van der Waals surface area contributed by atoms with Crippen molar-refractivity contribution in [2.75, 3.05) is 6.54 Å². The van der Waals surface area contributed by atoms with Crippen LogP contribution in [0.15, 0.2) is 0 Å². The standard InChI is InChI=1S/C8H17NO2/c1-3-5-6-7(10)8(11)9-4-2/h7,10H,3-6H2,1-2H3,(H,9,11)/t7-/m0/s1. The van der Waals surface area contributed by atoms with E-state index in [0.29, 0.717) is 13.0 Å². The molecule has 1 amide bonds. The molecule has 0 unspecified atom stereocenters. The van der Waals surface area contributed by atoms with Crippen molar-refractivity contribution in [3.05, 3.63) is 0 Å². The summed E-state index contributed by atoms with van der Waals surface area (Å²) in [5.41, 5.74) is 0. The zero-order valence-electron chi connectivity index (χ0n) is 7.26. The lowest BCUT2D eigenvalue weighted by molar-refractivity contribution is -0.129. The van der Waals surface area contributed by atoms with Gasteiger partial charge in [0.05, 0.1) is 0 Å². The maximum atomic E-state index is 10.9. The second-order valence-electron chi connectivity index (χ2n) is 2.55. The summed E-state index contributed by atoms with van der Waals surface area (Å²) in [5.74, 6) is -0.249. The van der Waals surface area contributed by atoms with Gasteiger partial charge in [-0.3, -0.25) is 4.79 Å². The van der Waals surface area contributed by atoms with Crippen molar-refractivity contribution in [1.82, 2.24) is 5.32 Å². The van der Waals surface area contributed by atoms with Crippen LogP contribution in [0, 0.1) is 0 Å². The van der Waals surface area contributed by atoms with Gasteiger partial charge in [0.15, 0.2) is 0 Å². The molecule has 0 aliphatic rings. The molecule has 0 aromatic rings. The molecular formula is C8H17NO2. The molecule has 0 spiro atoms. The number of unbranched alkanes of at least 4 members (excludes halogenated alkanes) is 1. The van der Waals surface area contributed by atoms with Crippen LogP contribution in [0.4, 0.5) is 0 Å². The van der Waals surface area contributed by atoms with Crippen molar-refractivity contribution >= 4 is 5.91 Å². The summed E-state index contributed by atoms with van der Waals surface area (Å²) in [6, 6.07) is 0. The Labute approximate surface area is 67.8 Å². The molecule has 11 heavy (non-hydrogen) atoms. The summed E-state index contributed by atoms with van der Waals surface area (Å²) in [4.78, 5) is 10.9. The predicted octanol–water partition coefficient (Wildman–Crippen LogP) is 0.674. The highest BCUT2D eigenvalue weighted by Gasteiger charge is 2.11. The zero-order valence-corrected chi connectivity index (χ0v) is 7.26. The predicted molar refractivity (Wildman–Crippen MR) is 44.2 cm³/mol. The maximum absolute atomic E-state index is 10.9. The molecule has 2 N–H and O–H groups in total. The normalized spacial score (nSPS) is 12.6. The van der Waals surface area contributed by atoms with Crippen LogP contribution in [0.3, 0.4) is 0 Å². The molecule has 0 heterocycles. The minimum atomic E-state index is -0.810. The van der Waals surface area contributed by atoms with E-state index in [2.05, 4.69) is 5.32 Å². The van der Waals surface area contributed by atoms with E-state index >= 15 is 0 Å². The number of hydrogen-bond acceptors (Lipinski definition) is 2. The van der Waals surface area contributed by atoms with Gasteiger partial charge in [0, 0.05) is 6.54 Å². The minimum Gasteiger partial charge on any atom is -0.383 e. The number of hydrogen-bond donors (Lipinski definition) is 2. The monoisotopic (exact) mass is 159 g/mol. The van der Waals surface area contributed by atoms with Crippen molar-refractivity contribution in [2.45, 2.75) is 39.2 Å². The number of carbonyl (C=O) groups is 1. The Morgan fingerprint density at radius 2 is 2.18 bits per heavy atom. The van der Waals surface area contributed by atoms with Gasteiger partial charge in [0.25, 0.3) is 0 Å². The topological polar surface area (TPSA) is 49.3 Å². The molecule has 0 fully saturated rings. The lowest BCUT2D eigenvalue weighted by atomic mass is 10.1. The SMILES string of the molecule is CCCC[C@H](O)C(=O)NCC. The summed E-state index contributed by atoms with van der Waals surface area (Å²) in [6.07, 6.45) is 1.67. The van der Waals surface area contributed by atoms with Gasteiger partial charge in [-0.15, -0.1) is 0 Å². The number of aliphatic hydroxyl groups excluding tert-OH is 1. The molecule has 0 aromatic carbocycles. The van der Waals surface area contributed by atoms with Crippen LogP contribution in [0.5, 0.6) is 0 Å². The van der Waals surface area contributed by atoms with E-state index in [9.17, 15) is 4.79 Å². The zero-order chi connectivity index (χ0) is 8.69. The van der Waals surface area contributed by atoms with Crippen LogP contribution in [0.1, 0.15) is 33.1 Å². The van der Waals surface area contributed by atoms with Crippen LogP contribution >= 0.6 is 0 Å². The van der Waals surface area contributed by atoms with E-state index in [4.69, 9.17) is 5.11 Å². The molecule has 0 bridgehead atoms. The van der Waals surface area contributed by atoms with Gasteiger partial charge < -0.3 is 10.4 Å². The van der Waals surface area contributed by atoms with Gasteiger partial charge in [0.1, 0.15) is 6.10 Å². The summed E-state index contributed by atoms with van der Waals surface area (Å²) in [7, 11) is 0. The number of amides is 1. The van der Waals surface area contributed by atoms with E-state index in [0.717, 1.165) is 12.8 Å². The highest BCUT2D eigenvalue weighted by Crippen LogP contribution is 1.99. The Morgan fingerprint density at radius 1 is 1.55 bits per heavy atom. The van der Waals surface area contributed by atoms with Crippen molar-refractivity contribution < 1.29 is 9.90 Å². The van der Waals surface area contributed by atoms with Crippen LogP contribution < -0.4 is 5.32 Å². The lowest BCUT2D eigenvalue weighted by Gasteiger charge is -2.08. The molecule has 0 aromatic heterocycles. The Hall–Kier alpha value is -0.570. The fraction of sp³-hybridized carbons (Fsp3) is 0.875. The second kappa shape index (κ2) is 6.16. The Kier molecular flexibility index (Phi) is 5.84. The Balaban J connectivity index is 3.46. The van der Waals surface area contributed by atoms with Crippen molar-refractivity contribution in [2.24, 2.45) is 0 Å². The molecule has 3 nitrogen and oxygen atoms in total. The number of nitrogens with one attached hydrogen (secondary N) is 1. The van der Waals surface area contributed by atoms with Gasteiger partial charge in [0.2, 0.25) is 5.91 Å². The molecule has 0 rings (SSSR count). The van der Waals surface area contributed by atoms with Crippen LogP contribution in [-0.2, 0) is 4.79 Å². The average molecular weight is 159 g/mol. The molecular weight excluding hydrogens is 142 g/mol. The third-order valence-electron chi connectivity index (χ3n) is 1.48. The van der Waals surface area contributed by atoms with E-state index in [1.807, 2.05) is 13.8 Å². The maximum Gasteiger partial charge on any atom is 0.248 e. The highest BCUT2D eigenvalue weighted by molar-refractivity contribution is 5.80. The van der Waals surface area contributed by atoms with Crippen LogP contribution in [0.25, 0.3) is 0 Å². The summed E-state index contributed by atoms with van der Waals surface area (Å²) >= 11 is 0. The summed E-state index contributed by atoms with van der Waals surface area (Å²) < 4.78 is 0. The molecule has 0 aliphatic heterocycles. The lowest BCUT2D eigenvalue weighted by Crippen LogP contribution is -2.34. The largest absolute Gasteiger partial charge is 0.383 e. The van der Waals surface area contributed by atoms with Crippen LogP contribution in [0.2, 0.25) is 0 Å². The van der Waals surface area contributed by atoms with E-state index in [-0.39, 0.29) is 5.91 Å². The molecule has 0 radical (unpaired) electrons. The number of rotatable bonds is 5. The van der Waals surface area contributed by atoms with E-state index in [1.54, 1.807) is 0 Å². The smallest absolute Gasteiger partial charge is 0.248 e. The third-order valence-corrected chi connectivity index (χ3v) is 1.48. The van der Waals surface area contributed by atoms with Gasteiger partial charge >= 0.3 is 0 Å². The molecule has 66 valence electrons. The van der Waals surface area contributed by atoms with Gasteiger partial charge in [-0.1, -0.05) is 19.8 Å². The number of aliphatic hydroxyl groups is 1. The molecule has 3 heteroatoms. The molecule has 1 atom stereocenters. The quantitative estimate of drug-likeness (QED) is 0.619. The molecule has 0 aliphatic carbocycles. The minimum absolute atomic E-state index is 0.249. The van der Waals surface area contributed by atoms with Gasteiger partial charge in [-0.05, 0) is 13.3 Å². The average Bonchev–Trinajstić information content (AvgIpc) is 2.00. The highest BCUT2D eigenvalue weighted by atomic mass is 16.3. The number of likely N-dealkylation sites (N-methyl/N-ethyl adjacent to an activating group) is 1. The fourth-order valence-corrected chi connectivity index (χ4v) is 0.821. The van der Waals surface area contributed by atoms with Crippen molar-refractivity contribution in [3.8, 4) is 0 Å². The third kappa shape index (κ3) is 4.79. The van der Waals surface area contributed by atoms with E-state index in [1.165, 1.54) is 0 Å². The summed E-state index contributed by atoms with van der Waals surface area (Å²) in [6.45, 7) is 4.46. The first-order chi connectivity index (χ1) is 5.22. The van der Waals surface area contributed by atoms with Crippen molar-refractivity contribution in [3.63, 3.8) is 0 Å². The first-order valence-electron chi connectivity index (χ1n) is 4.18. The first kappa shape index (κ1) is 10.4. The number of carbonyl (C=O) groups excluding carboxylic acids is 1. The van der Waals surface area contributed by atoms with Gasteiger partial charge in [-0.25, -0.2) is 0 Å². The molecule has 0 saturated carbocycles. The molecule has 0 saturated heterocycles. The first-order valence-corrected chi connectivity index (χ1v) is 4.18. The second-order valence-corrected chi connectivity index (χ2v) is 2.55. The fourth-order valence-electron chi connectivity index (χ4n) is 0.821.